The molecule has 0 aromatic heterocycles. The van der Waals surface area contributed by atoms with Gasteiger partial charge in [-0.25, -0.2) is 17.6 Å². The van der Waals surface area contributed by atoms with Crippen LogP contribution in [0.4, 0.5) is 45.2 Å². The lowest BCUT2D eigenvalue weighted by atomic mass is 10.0. The number of alkyl halides is 7. The molecular formula is C17H8F9NO2. The highest BCUT2D eigenvalue weighted by molar-refractivity contribution is 6.06. The van der Waals surface area contributed by atoms with E-state index in [1.54, 1.807) is 0 Å². The topological polar surface area (TPSA) is 46.2 Å². The Morgan fingerprint density at radius 3 is 2.03 bits per heavy atom. The summed E-state index contributed by atoms with van der Waals surface area (Å²) in [6.07, 6.45) is -9.50. The molecule has 2 rings (SSSR count). The summed E-state index contributed by atoms with van der Waals surface area (Å²) in [7, 11) is 0. The minimum absolute atomic E-state index is 0.154. The van der Waals surface area contributed by atoms with Gasteiger partial charge in [0.2, 0.25) is 5.78 Å². The van der Waals surface area contributed by atoms with Crippen molar-refractivity contribution in [3.05, 3.63) is 64.7 Å². The second-order valence-corrected chi connectivity index (χ2v) is 5.63. The summed E-state index contributed by atoms with van der Waals surface area (Å²) in [5, 5.41) is 1.82. The van der Waals surface area contributed by atoms with Gasteiger partial charge >= 0.3 is 18.5 Å². The lowest BCUT2D eigenvalue weighted by Crippen LogP contribution is -2.36. The van der Waals surface area contributed by atoms with E-state index in [-0.39, 0.29) is 12.1 Å². The first kappa shape index (κ1) is 22.2. The smallest absolute Gasteiger partial charge is 0.322 e. The Hall–Kier alpha value is -3.05. The Morgan fingerprint density at radius 1 is 0.862 bits per heavy atom. The molecular weight excluding hydrogens is 421 g/mol. The number of carbonyl (C=O) groups excluding carboxylic acids is 2. The van der Waals surface area contributed by atoms with E-state index in [0.29, 0.717) is 24.3 Å². The number of anilines is 1. The van der Waals surface area contributed by atoms with Crippen molar-refractivity contribution in [1.82, 2.24) is 0 Å². The van der Waals surface area contributed by atoms with Crippen LogP contribution in [-0.2, 0) is 6.18 Å². The van der Waals surface area contributed by atoms with Crippen molar-refractivity contribution in [2.45, 2.75) is 18.5 Å². The van der Waals surface area contributed by atoms with Crippen molar-refractivity contribution in [2.75, 3.05) is 5.32 Å². The van der Waals surface area contributed by atoms with Crippen LogP contribution in [0.3, 0.4) is 0 Å². The molecule has 0 aliphatic carbocycles. The van der Waals surface area contributed by atoms with Gasteiger partial charge in [0.15, 0.2) is 0 Å². The first-order valence-electron chi connectivity index (χ1n) is 7.43. The van der Waals surface area contributed by atoms with E-state index < -0.39 is 64.2 Å². The number of halogens is 9. The number of benzene rings is 2. The van der Waals surface area contributed by atoms with Crippen LogP contribution in [0.25, 0.3) is 0 Å². The quantitative estimate of drug-likeness (QED) is 0.517. The van der Waals surface area contributed by atoms with Crippen molar-refractivity contribution >= 4 is 17.4 Å². The molecule has 0 unspecified atom stereocenters. The predicted octanol–water partition coefficient (Wildman–Crippen LogP) is 5.32. The Balaban J connectivity index is 2.35. The van der Waals surface area contributed by atoms with Crippen LogP contribution in [0.5, 0.6) is 0 Å². The maximum Gasteiger partial charge on any atom is 0.419 e. The zero-order chi connectivity index (χ0) is 22.1. The molecule has 0 saturated heterocycles. The van der Waals surface area contributed by atoms with Gasteiger partial charge in [-0.3, -0.25) is 9.59 Å². The number of nitrogens with one attached hydrogen (secondary N) is 1. The van der Waals surface area contributed by atoms with Crippen LogP contribution in [0, 0.1) is 11.6 Å². The molecule has 3 nitrogen and oxygen atoms in total. The molecule has 0 radical (unpaired) electrons. The average molecular weight is 429 g/mol. The highest BCUT2D eigenvalue weighted by Gasteiger charge is 2.49. The number of carbonyl (C=O) groups is 2. The van der Waals surface area contributed by atoms with Crippen LogP contribution in [-0.4, -0.2) is 24.0 Å². The minimum atomic E-state index is -5.13. The summed E-state index contributed by atoms with van der Waals surface area (Å²) in [4.78, 5) is 23.5. The lowest BCUT2D eigenvalue weighted by Gasteiger charge is -2.15. The molecule has 0 aliphatic heterocycles. The van der Waals surface area contributed by atoms with Crippen molar-refractivity contribution < 1.29 is 49.1 Å². The zero-order valence-corrected chi connectivity index (χ0v) is 13.8. The second-order valence-electron chi connectivity index (χ2n) is 5.63. The van der Waals surface area contributed by atoms with Crippen LogP contribution < -0.4 is 5.32 Å². The predicted molar refractivity (Wildman–Crippen MR) is 81.0 cm³/mol. The number of amides is 1. The Morgan fingerprint density at radius 2 is 1.48 bits per heavy atom. The molecule has 0 heterocycles. The van der Waals surface area contributed by atoms with Crippen molar-refractivity contribution in [1.29, 1.82) is 0 Å². The summed E-state index contributed by atoms with van der Waals surface area (Å²) in [5.74, 6) is -11.9. The molecule has 2 aromatic carbocycles. The fourth-order valence-electron chi connectivity index (χ4n) is 2.17. The van der Waals surface area contributed by atoms with Gasteiger partial charge in [0.1, 0.15) is 11.6 Å². The molecule has 12 heteroatoms. The molecule has 0 atom stereocenters. The molecule has 29 heavy (non-hydrogen) atoms. The monoisotopic (exact) mass is 429 g/mol. The van der Waals surface area contributed by atoms with Gasteiger partial charge in [-0.05, 0) is 36.4 Å². The molecule has 1 amide bonds. The highest BCUT2D eigenvalue weighted by atomic mass is 19.4. The van der Waals surface area contributed by atoms with Crippen molar-refractivity contribution in [3.8, 4) is 0 Å². The van der Waals surface area contributed by atoms with Crippen LogP contribution in [0.1, 0.15) is 26.3 Å². The van der Waals surface area contributed by atoms with Gasteiger partial charge < -0.3 is 5.32 Å². The normalized spacial score (nSPS) is 12.2. The fourth-order valence-corrected chi connectivity index (χ4v) is 2.17. The largest absolute Gasteiger partial charge is 0.419 e. The lowest BCUT2D eigenvalue weighted by molar-refractivity contribution is -0.140. The van der Waals surface area contributed by atoms with Crippen LogP contribution in [0.2, 0.25) is 0 Å². The summed E-state index contributed by atoms with van der Waals surface area (Å²) >= 11 is 0. The van der Waals surface area contributed by atoms with E-state index in [1.807, 2.05) is 5.32 Å². The number of Topliss-reactive ketones (excluding diaryl/α,β-unsaturated/α-hetero) is 1. The SMILES string of the molecule is O=C(Nc1cc(F)cc(C(=O)C(F)(F)C(F)F)c1)c1ccc(F)c(C(F)(F)F)c1. The minimum Gasteiger partial charge on any atom is -0.322 e. The summed E-state index contributed by atoms with van der Waals surface area (Å²) in [5.41, 5.74) is -4.38. The maximum absolute atomic E-state index is 13.6. The summed E-state index contributed by atoms with van der Waals surface area (Å²) in [6.45, 7) is 0. The van der Waals surface area contributed by atoms with Gasteiger partial charge in [-0.15, -0.1) is 0 Å². The first-order valence-corrected chi connectivity index (χ1v) is 7.43. The molecule has 0 saturated carbocycles. The van der Waals surface area contributed by atoms with Crippen molar-refractivity contribution in [3.63, 3.8) is 0 Å². The van der Waals surface area contributed by atoms with E-state index in [0.717, 1.165) is 0 Å². The van der Waals surface area contributed by atoms with Gasteiger partial charge in [-0.1, -0.05) is 0 Å². The van der Waals surface area contributed by atoms with E-state index in [4.69, 9.17) is 0 Å². The number of hydrogen-bond acceptors (Lipinski definition) is 2. The van der Waals surface area contributed by atoms with Gasteiger partial charge in [-0.2, -0.15) is 22.0 Å². The Bertz CT molecular complexity index is 954. The highest BCUT2D eigenvalue weighted by Crippen LogP contribution is 2.32. The van der Waals surface area contributed by atoms with E-state index in [2.05, 4.69) is 0 Å². The van der Waals surface area contributed by atoms with Crippen LogP contribution >= 0.6 is 0 Å². The fraction of sp³-hybridized carbons (Fsp3) is 0.176. The van der Waals surface area contributed by atoms with Gasteiger partial charge in [0, 0.05) is 16.8 Å². The van der Waals surface area contributed by atoms with Crippen molar-refractivity contribution in [2.24, 2.45) is 0 Å². The van der Waals surface area contributed by atoms with Crippen LogP contribution in [0.15, 0.2) is 36.4 Å². The maximum atomic E-state index is 13.6. The Kier molecular flexibility index (Phi) is 5.95. The third-order valence-electron chi connectivity index (χ3n) is 3.53. The van der Waals surface area contributed by atoms with E-state index in [1.165, 1.54) is 0 Å². The standard InChI is InChI=1S/C17H8F9NO2/c18-9-3-8(13(28)16(22,23)15(20)21)4-10(6-9)27-14(29)7-1-2-12(19)11(5-7)17(24,25)26/h1-6,15H,(H,27,29). The molecule has 2 aromatic rings. The number of hydrogen-bond donors (Lipinski definition) is 1. The van der Waals surface area contributed by atoms with Gasteiger partial charge in [0.25, 0.3) is 5.91 Å². The molecule has 156 valence electrons. The molecule has 0 spiro atoms. The average Bonchev–Trinajstić information content (AvgIpc) is 2.59. The van der Waals surface area contributed by atoms with E-state index in [9.17, 15) is 49.1 Å². The molecule has 0 bridgehead atoms. The third kappa shape index (κ3) is 4.87. The molecule has 1 N–H and O–H groups in total. The third-order valence-corrected chi connectivity index (χ3v) is 3.53. The number of ketones is 1. The first-order chi connectivity index (χ1) is 13.2. The number of rotatable bonds is 5. The second kappa shape index (κ2) is 7.76. The molecule has 0 fully saturated rings. The molecule has 0 aliphatic rings. The summed E-state index contributed by atoms with van der Waals surface area (Å²) in [6, 6.07) is 2.32. The van der Waals surface area contributed by atoms with E-state index >= 15 is 0 Å². The zero-order valence-electron chi connectivity index (χ0n) is 13.8. The Labute approximate surface area is 156 Å². The summed E-state index contributed by atoms with van der Waals surface area (Å²) < 4.78 is 116. The van der Waals surface area contributed by atoms with Gasteiger partial charge in [0.05, 0.1) is 5.56 Å².